The van der Waals surface area contributed by atoms with Crippen LogP contribution in [0.5, 0.6) is 5.75 Å². The number of aryl methyl sites for hydroxylation is 2. The highest BCUT2D eigenvalue weighted by Crippen LogP contribution is 2.24. The molecule has 0 unspecified atom stereocenters. The highest BCUT2D eigenvalue weighted by atomic mass is 32.2. The standard InChI is InChI=1S/C26H23NO5S/c1-18-8-6-7-11-25(18)33(29,30)27-26(28)24-16-22(19(2)32-24)17-31-23-14-12-21(13-15-23)20-9-4-3-5-10-20/h3-16H,17H2,1-2H3,(H,27,28). The molecular formula is C26H23NO5S. The average molecular weight is 462 g/mol. The molecule has 1 aromatic heterocycles. The number of rotatable bonds is 7. The number of benzene rings is 3. The van der Waals surface area contributed by atoms with Gasteiger partial charge in [-0.2, -0.15) is 0 Å². The van der Waals surface area contributed by atoms with Gasteiger partial charge in [0.05, 0.1) is 4.90 Å². The topological polar surface area (TPSA) is 85.6 Å². The quantitative estimate of drug-likeness (QED) is 0.406. The van der Waals surface area contributed by atoms with Gasteiger partial charge in [0.15, 0.2) is 5.76 Å². The molecule has 0 saturated carbocycles. The zero-order valence-electron chi connectivity index (χ0n) is 18.2. The van der Waals surface area contributed by atoms with Crippen molar-refractivity contribution in [3.8, 4) is 16.9 Å². The fourth-order valence-electron chi connectivity index (χ4n) is 3.40. The summed E-state index contributed by atoms with van der Waals surface area (Å²) in [5, 5.41) is 0. The molecule has 4 aromatic rings. The molecule has 0 atom stereocenters. The average Bonchev–Trinajstić information content (AvgIpc) is 3.19. The SMILES string of the molecule is Cc1ccccc1S(=O)(=O)NC(=O)c1cc(COc2ccc(-c3ccccc3)cc2)c(C)o1. The maximum absolute atomic E-state index is 12.6. The Morgan fingerprint density at radius 3 is 2.21 bits per heavy atom. The van der Waals surface area contributed by atoms with Crippen molar-refractivity contribution in [2.75, 3.05) is 0 Å². The third-order valence-electron chi connectivity index (χ3n) is 5.21. The third kappa shape index (κ3) is 5.15. The summed E-state index contributed by atoms with van der Waals surface area (Å²) in [5.74, 6) is 0.222. The molecule has 0 aliphatic rings. The molecule has 0 bridgehead atoms. The van der Waals surface area contributed by atoms with Crippen molar-refractivity contribution in [1.82, 2.24) is 4.72 Å². The van der Waals surface area contributed by atoms with Crippen LogP contribution in [-0.2, 0) is 16.6 Å². The van der Waals surface area contributed by atoms with Gasteiger partial charge in [0, 0.05) is 5.56 Å². The Kier molecular flexibility index (Phi) is 6.33. The molecule has 4 rings (SSSR count). The van der Waals surface area contributed by atoms with Gasteiger partial charge in [0.25, 0.3) is 10.0 Å². The Balaban J connectivity index is 1.42. The molecule has 168 valence electrons. The van der Waals surface area contributed by atoms with Crippen LogP contribution in [0.25, 0.3) is 11.1 Å². The second-order valence-corrected chi connectivity index (χ2v) is 9.22. The zero-order valence-corrected chi connectivity index (χ0v) is 19.1. The van der Waals surface area contributed by atoms with Gasteiger partial charge in [-0.25, -0.2) is 13.1 Å². The lowest BCUT2D eigenvalue weighted by Gasteiger charge is -2.07. The fourth-order valence-corrected chi connectivity index (χ4v) is 4.60. The summed E-state index contributed by atoms with van der Waals surface area (Å²) in [6, 6.07) is 25.7. The minimum atomic E-state index is -4.02. The van der Waals surface area contributed by atoms with Gasteiger partial charge in [0.2, 0.25) is 0 Å². The van der Waals surface area contributed by atoms with E-state index in [0.717, 1.165) is 11.1 Å². The molecule has 0 spiro atoms. The third-order valence-corrected chi connectivity index (χ3v) is 6.70. The van der Waals surface area contributed by atoms with Gasteiger partial charge in [-0.15, -0.1) is 0 Å². The Morgan fingerprint density at radius 2 is 1.52 bits per heavy atom. The molecule has 1 heterocycles. The van der Waals surface area contributed by atoms with Crippen LogP contribution < -0.4 is 9.46 Å². The number of carbonyl (C=O) groups excluding carboxylic acids is 1. The first-order valence-corrected chi connectivity index (χ1v) is 11.8. The number of amides is 1. The molecular weight excluding hydrogens is 438 g/mol. The van der Waals surface area contributed by atoms with E-state index in [1.54, 1.807) is 32.0 Å². The van der Waals surface area contributed by atoms with Crippen LogP contribution in [0.2, 0.25) is 0 Å². The van der Waals surface area contributed by atoms with E-state index < -0.39 is 15.9 Å². The Bertz CT molecular complexity index is 1370. The number of furan rings is 1. The van der Waals surface area contributed by atoms with E-state index in [-0.39, 0.29) is 17.3 Å². The van der Waals surface area contributed by atoms with E-state index in [2.05, 4.69) is 4.72 Å². The van der Waals surface area contributed by atoms with E-state index in [4.69, 9.17) is 9.15 Å². The van der Waals surface area contributed by atoms with Crippen molar-refractivity contribution in [3.63, 3.8) is 0 Å². The van der Waals surface area contributed by atoms with Gasteiger partial charge in [-0.1, -0.05) is 60.7 Å². The molecule has 0 saturated heterocycles. The van der Waals surface area contributed by atoms with Crippen molar-refractivity contribution < 1.29 is 22.4 Å². The molecule has 33 heavy (non-hydrogen) atoms. The lowest BCUT2D eigenvalue weighted by Crippen LogP contribution is -2.30. The predicted octanol–water partition coefficient (Wildman–Crippen LogP) is 5.26. The van der Waals surface area contributed by atoms with Crippen molar-refractivity contribution >= 4 is 15.9 Å². The molecule has 0 aliphatic heterocycles. The maximum atomic E-state index is 12.6. The summed E-state index contributed by atoms with van der Waals surface area (Å²) in [7, 11) is -4.02. The number of nitrogens with one attached hydrogen (secondary N) is 1. The van der Waals surface area contributed by atoms with Crippen molar-refractivity contribution in [3.05, 3.63) is 108 Å². The first kappa shape index (κ1) is 22.4. The molecule has 0 radical (unpaired) electrons. The number of hydrogen-bond donors (Lipinski definition) is 1. The van der Waals surface area contributed by atoms with Crippen LogP contribution in [0.1, 0.15) is 27.4 Å². The summed E-state index contributed by atoms with van der Waals surface area (Å²) < 4.78 is 38.5. The predicted molar refractivity (Wildman–Crippen MR) is 125 cm³/mol. The Labute approximate surface area is 192 Å². The molecule has 0 aliphatic carbocycles. The Morgan fingerprint density at radius 1 is 0.879 bits per heavy atom. The number of hydrogen-bond acceptors (Lipinski definition) is 5. The van der Waals surface area contributed by atoms with Gasteiger partial charge in [-0.3, -0.25) is 4.79 Å². The first-order chi connectivity index (χ1) is 15.8. The van der Waals surface area contributed by atoms with E-state index >= 15 is 0 Å². The lowest BCUT2D eigenvalue weighted by atomic mass is 10.1. The normalized spacial score (nSPS) is 11.2. The molecule has 0 fully saturated rings. The number of ether oxygens (including phenoxy) is 1. The summed E-state index contributed by atoms with van der Waals surface area (Å²) in [5.41, 5.74) is 3.39. The summed E-state index contributed by atoms with van der Waals surface area (Å²) in [6.07, 6.45) is 0. The highest BCUT2D eigenvalue weighted by molar-refractivity contribution is 7.90. The van der Waals surface area contributed by atoms with Crippen LogP contribution in [0, 0.1) is 13.8 Å². The first-order valence-electron chi connectivity index (χ1n) is 10.3. The van der Waals surface area contributed by atoms with Gasteiger partial charge in [0.1, 0.15) is 18.1 Å². The Hall–Kier alpha value is -3.84. The van der Waals surface area contributed by atoms with Gasteiger partial charge < -0.3 is 9.15 Å². The smallest absolute Gasteiger partial charge is 0.300 e. The van der Waals surface area contributed by atoms with Crippen LogP contribution in [-0.4, -0.2) is 14.3 Å². The zero-order chi connectivity index (χ0) is 23.4. The highest BCUT2D eigenvalue weighted by Gasteiger charge is 2.23. The lowest BCUT2D eigenvalue weighted by molar-refractivity contribution is 0.0953. The molecule has 1 amide bonds. The van der Waals surface area contributed by atoms with E-state index in [1.165, 1.54) is 12.1 Å². The van der Waals surface area contributed by atoms with E-state index in [1.807, 2.05) is 54.6 Å². The van der Waals surface area contributed by atoms with Crippen LogP contribution >= 0.6 is 0 Å². The summed E-state index contributed by atoms with van der Waals surface area (Å²) in [4.78, 5) is 12.6. The minimum Gasteiger partial charge on any atom is -0.489 e. The van der Waals surface area contributed by atoms with Crippen LogP contribution in [0.15, 0.2) is 94.2 Å². The number of sulfonamides is 1. The van der Waals surface area contributed by atoms with Crippen molar-refractivity contribution in [2.45, 2.75) is 25.3 Å². The second-order valence-electron chi connectivity index (χ2n) is 7.57. The molecule has 1 N–H and O–H groups in total. The van der Waals surface area contributed by atoms with E-state index in [9.17, 15) is 13.2 Å². The maximum Gasteiger partial charge on any atom is 0.300 e. The molecule has 6 nitrogen and oxygen atoms in total. The molecule has 7 heteroatoms. The van der Waals surface area contributed by atoms with Gasteiger partial charge in [-0.05, 0) is 54.8 Å². The van der Waals surface area contributed by atoms with Crippen molar-refractivity contribution in [1.29, 1.82) is 0 Å². The number of carbonyl (C=O) groups is 1. The summed E-state index contributed by atoms with van der Waals surface area (Å²) >= 11 is 0. The fraction of sp³-hybridized carbons (Fsp3) is 0.115. The monoisotopic (exact) mass is 461 g/mol. The summed E-state index contributed by atoms with van der Waals surface area (Å²) in [6.45, 7) is 3.54. The largest absolute Gasteiger partial charge is 0.489 e. The molecule has 3 aromatic carbocycles. The van der Waals surface area contributed by atoms with Crippen molar-refractivity contribution in [2.24, 2.45) is 0 Å². The van der Waals surface area contributed by atoms with Crippen LogP contribution in [0.4, 0.5) is 0 Å². The van der Waals surface area contributed by atoms with Gasteiger partial charge >= 0.3 is 5.91 Å². The minimum absolute atomic E-state index is 0.0455. The second kappa shape index (κ2) is 9.34. The van der Waals surface area contributed by atoms with E-state index in [0.29, 0.717) is 22.6 Å². The van der Waals surface area contributed by atoms with Crippen LogP contribution in [0.3, 0.4) is 0 Å².